The van der Waals surface area contributed by atoms with Crippen LogP contribution in [0.5, 0.6) is 0 Å². The molecule has 1 saturated carbocycles. The van der Waals surface area contributed by atoms with E-state index in [9.17, 15) is 4.79 Å². The number of nitrogens with one attached hydrogen (secondary N) is 2. The van der Waals surface area contributed by atoms with Crippen LogP contribution in [0.2, 0.25) is 0 Å². The number of carbonyl (C=O) groups is 1. The summed E-state index contributed by atoms with van der Waals surface area (Å²) in [6.45, 7) is 6.96. The minimum atomic E-state index is 0.108. The minimum absolute atomic E-state index is 0.108. The smallest absolute Gasteiger partial charge is 0.234 e. The van der Waals surface area contributed by atoms with Gasteiger partial charge in [0.2, 0.25) is 5.91 Å². The second-order valence-corrected chi connectivity index (χ2v) is 4.44. The van der Waals surface area contributed by atoms with Gasteiger partial charge in [0.25, 0.3) is 0 Å². The van der Waals surface area contributed by atoms with Crippen molar-refractivity contribution in [1.82, 2.24) is 10.6 Å². The molecule has 1 fully saturated rings. The van der Waals surface area contributed by atoms with Crippen molar-refractivity contribution < 1.29 is 4.79 Å². The molecule has 0 saturated heterocycles. The molecule has 15 heavy (non-hydrogen) atoms. The molecule has 0 aromatic carbocycles. The predicted octanol–water partition coefficient (Wildman–Crippen LogP) is 1.46. The maximum atomic E-state index is 11.5. The molecular formula is C12H22N2O. The maximum absolute atomic E-state index is 11.5. The molecule has 3 nitrogen and oxygen atoms in total. The van der Waals surface area contributed by atoms with E-state index in [2.05, 4.69) is 24.1 Å². The van der Waals surface area contributed by atoms with Crippen molar-refractivity contribution in [2.24, 2.45) is 5.92 Å². The highest BCUT2D eigenvalue weighted by Crippen LogP contribution is 2.23. The Kier molecular flexibility index (Phi) is 5.40. The van der Waals surface area contributed by atoms with E-state index in [0.717, 1.165) is 18.8 Å². The number of rotatable bonds is 5. The average Bonchev–Trinajstić information content (AvgIpc) is 2.22. The van der Waals surface area contributed by atoms with Gasteiger partial charge >= 0.3 is 0 Å². The Balaban J connectivity index is 2.12. The van der Waals surface area contributed by atoms with Crippen molar-refractivity contribution in [2.45, 2.75) is 38.6 Å². The lowest BCUT2D eigenvalue weighted by molar-refractivity contribution is -0.121. The van der Waals surface area contributed by atoms with Crippen LogP contribution in [-0.2, 0) is 4.79 Å². The van der Waals surface area contributed by atoms with Gasteiger partial charge in [0.05, 0.1) is 6.54 Å². The average molecular weight is 210 g/mol. The summed E-state index contributed by atoms with van der Waals surface area (Å²) in [5, 5.41) is 6.07. The van der Waals surface area contributed by atoms with Gasteiger partial charge in [-0.2, -0.15) is 0 Å². The Hall–Kier alpha value is -0.830. The van der Waals surface area contributed by atoms with Gasteiger partial charge in [-0.25, -0.2) is 0 Å². The lowest BCUT2D eigenvalue weighted by atomic mass is 9.87. The Bertz CT molecular complexity index is 208. The summed E-state index contributed by atoms with van der Waals surface area (Å²) in [5.41, 5.74) is 0. The summed E-state index contributed by atoms with van der Waals surface area (Å²) < 4.78 is 0. The molecule has 0 aromatic heterocycles. The fourth-order valence-corrected chi connectivity index (χ4v) is 1.97. The van der Waals surface area contributed by atoms with Gasteiger partial charge in [-0.05, 0) is 31.6 Å². The molecule has 0 spiro atoms. The van der Waals surface area contributed by atoms with Gasteiger partial charge in [0.15, 0.2) is 0 Å². The summed E-state index contributed by atoms with van der Waals surface area (Å²) in [4.78, 5) is 11.5. The monoisotopic (exact) mass is 210 g/mol. The zero-order chi connectivity index (χ0) is 11.1. The first-order valence-corrected chi connectivity index (χ1v) is 5.83. The highest BCUT2D eigenvalue weighted by molar-refractivity contribution is 5.78. The Morgan fingerprint density at radius 3 is 2.67 bits per heavy atom. The van der Waals surface area contributed by atoms with E-state index in [-0.39, 0.29) is 5.91 Å². The van der Waals surface area contributed by atoms with Crippen LogP contribution in [0.15, 0.2) is 12.7 Å². The summed E-state index contributed by atoms with van der Waals surface area (Å²) >= 11 is 0. The highest BCUT2D eigenvalue weighted by atomic mass is 16.1. The molecule has 3 heteroatoms. The number of hydrogen-bond acceptors (Lipinski definition) is 2. The fourth-order valence-electron chi connectivity index (χ4n) is 1.97. The topological polar surface area (TPSA) is 41.1 Å². The third kappa shape index (κ3) is 4.98. The van der Waals surface area contributed by atoms with Crippen LogP contribution in [-0.4, -0.2) is 25.0 Å². The van der Waals surface area contributed by atoms with E-state index in [1.54, 1.807) is 6.08 Å². The molecule has 0 aromatic rings. The van der Waals surface area contributed by atoms with E-state index in [1.165, 1.54) is 12.8 Å². The first kappa shape index (κ1) is 12.2. The van der Waals surface area contributed by atoms with Gasteiger partial charge in [-0.15, -0.1) is 6.58 Å². The molecule has 0 heterocycles. The molecule has 0 bridgehead atoms. The molecule has 1 amide bonds. The Morgan fingerprint density at radius 1 is 1.40 bits per heavy atom. The molecule has 0 radical (unpaired) electrons. The van der Waals surface area contributed by atoms with Crippen LogP contribution < -0.4 is 10.6 Å². The molecule has 1 aliphatic carbocycles. The van der Waals surface area contributed by atoms with E-state index in [4.69, 9.17) is 0 Å². The standard InChI is InChI=1S/C12H22N2O/c1-3-8-13-9-12(15)14-11-6-4-10(2)5-7-11/h3,10-11,13H,1,4-9H2,2H3,(H,14,15). The third-order valence-corrected chi connectivity index (χ3v) is 2.96. The lowest BCUT2D eigenvalue weighted by Crippen LogP contribution is -2.42. The van der Waals surface area contributed by atoms with Crippen molar-refractivity contribution in [3.05, 3.63) is 12.7 Å². The number of amides is 1. The fraction of sp³-hybridized carbons (Fsp3) is 0.750. The van der Waals surface area contributed by atoms with E-state index in [0.29, 0.717) is 19.1 Å². The second-order valence-electron chi connectivity index (χ2n) is 4.44. The molecule has 86 valence electrons. The summed E-state index contributed by atoms with van der Waals surface area (Å²) in [6.07, 6.45) is 6.51. The van der Waals surface area contributed by atoms with Crippen molar-refractivity contribution in [2.75, 3.05) is 13.1 Å². The molecule has 0 aliphatic heterocycles. The van der Waals surface area contributed by atoms with Crippen LogP contribution in [0, 0.1) is 5.92 Å². The van der Waals surface area contributed by atoms with Crippen LogP contribution in [0.3, 0.4) is 0 Å². The maximum Gasteiger partial charge on any atom is 0.234 e. The molecule has 1 rings (SSSR count). The van der Waals surface area contributed by atoms with Gasteiger partial charge in [-0.1, -0.05) is 13.0 Å². The third-order valence-electron chi connectivity index (χ3n) is 2.96. The van der Waals surface area contributed by atoms with Crippen molar-refractivity contribution in [1.29, 1.82) is 0 Å². The van der Waals surface area contributed by atoms with Crippen LogP contribution >= 0.6 is 0 Å². The van der Waals surface area contributed by atoms with Crippen LogP contribution in [0.25, 0.3) is 0 Å². The van der Waals surface area contributed by atoms with Crippen LogP contribution in [0.1, 0.15) is 32.6 Å². The van der Waals surface area contributed by atoms with Gasteiger partial charge < -0.3 is 10.6 Å². The number of carbonyl (C=O) groups excluding carboxylic acids is 1. The zero-order valence-corrected chi connectivity index (χ0v) is 9.59. The van der Waals surface area contributed by atoms with E-state index >= 15 is 0 Å². The summed E-state index contributed by atoms with van der Waals surface area (Å²) in [6, 6.07) is 0.402. The van der Waals surface area contributed by atoms with E-state index in [1.807, 2.05) is 0 Å². The van der Waals surface area contributed by atoms with Crippen LogP contribution in [0.4, 0.5) is 0 Å². The van der Waals surface area contributed by atoms with Crippen molar-refractivity contribution in [3.63, 3.8) is 0 Å². The first-order chi connectivity index (χ1) is 7.22. The molecule has 1 aliphatic rings. The molecular weight excluding hydrogens is 188 g/mol. The lowest BCUT2D eigenvalue weighted by Gasteiger charge is -2.26. The highest BCUT2D eigenvalue weighted by Gasteiger charge is 2.19. The normalized spacial score (nSPS) is 25.9. The van der Waals surface area contributed by atoms with Gasteiger partial charge in [0.1, 0.15) is 0 Å². The van der Waals surface area contributed by atoms with Crippen molar-refractivity contribution >= 4 is 5.91 Å². The first-order valence-electron chi connectivity index (χ1n) is 5.83. The largest absolute Gasteiger partial charge is 0.352 e. The molecule has 2 N–H and O–H groups in total. The van der Waals surface area contributed by atoms with Crippen molar-refractivity contribution in [3.8, 4) is 0 Å². The number of hydrogen-bond donors (Lipinski definition) is 2. The van der Waals surface area contributed by atoms with E-state index < -0.39 is 0 Å². The summed E-state index contributed by atoms with van der Waals surface area (Å²) in [5.74, 6) is 0.938. The minimum Gasteiger partial charge on any atom is -0.352 e. The summed E-state index contributed by atoms with van der Waals surface area (Å²) in [7, 11) is 0. The Labute approximate surface area is 92.3 Å². The SMILES string of the molecule is C=CCNCC(=O)NC1CCC(C)CC1. The predicted molar refractivity (Wildman–Crippen MR) is 62.6 cm³/mol. The Morgan fingerprint density at radius 2 is 2.07 bits per heavy atom. The van der Waals surface area contributed by atoms with Gasteiger partial charge in [0, 0.05) is 12.6 Å². The quantitative estimate of drug-likeness (QED) is 0.533. The molecule has 0 unspecified atom stereocenters. The molecule has 0 atom stereocenters. The van der Waals surface area contributed by atoms with Gasteiger partial charge in [-0.3, -0.25) is 4.79 Å². The second kappa shape index (κ2) is 6.62. The zero-order valence-electron chi connectivity index (χ0n) is 9.59.